The zero-order valence-electron chi connectivity index (χ0n) is 11.0. The summed E-state index contributed by atoms with van der Waals surface area (Å²) in [5.41, 5.74) is 2.36. The molecule has 0 atom stereocenters. The van der Waals surface area contributed by atoms with Gasteiger partial charge in [-0.1, -0.05) is 6.07 Å². The predicted octanol–water partition coefficient (Wildman–Crippen LogP) is 1.47. The maximum Gasteiger partial charge on any atom is 0.251 e. The third-order valence-electron chi connectivity index (χ3n) is 2.67. The van der Waals surface area contributed by atoms with Crippen molar-refractivity contribution in [1.82, 2.24) is 15.3 Å². The van der Waals surface area contributed by atoms with Crippen LogP contribution in [0, 0.1) is 0 Å². The lowest BCUT2D eigenvalue weighted by Crippen LogP contribution is -2.23. The largest absolute Gasteiger partial charge is 0.378 e. The summed E-state index contributed by atoms with van der Waals surface area (Å²) in [4.78, 5) is 22.0. The number of nitrogens with zero attached hydrogens (tertiary/aromatic N) is 3. The Hall–Kier alpha value is -2.43. The maximum absolute atomic E-state index is 12.0. The first kappa shape index (κ1) is 13.0. The lowest BCUT2D eigenvalue weighted by atomic mass is 10.2. The SMILES string of the molecule is CN(C)c1cccc(C(=O)NCc2cnccn2)c1. The summed E-state index contributed by atoms with van der Waals surface area (Å²) in [7, 11) is 3.88. The Labute approximate surface area is 112 Å². The van der Waals surface area contributed by atoms with Gasteiger partial charge in [0.15, 0.2) is 0 Å². The monoisotopic (exact) mass is 256 g/mol. The van der Waals surface area contributed by atoms with Crippen LogP contribution in [0.2, 0.25) is 0 Å². The fourth-order valence-corrected chi connectivity index (χ4v) is 1.62. The van der Waals surface area contributed by atoms with Crippen molar-refractivity contribution in [1.29, 1.82) is 0 Å². The number of rotatable bonds is 4. The summed E-state index contributed by atoms with van der Waals surface area (Å²) in [6.07, 6.45) is 4.84. The highest BCUT2D eigenvalue weighted by molar-refractivity contribution is 5.95. The predicted molar refractivity (Wildman–Crippen MR) is 74.0 cm³/mol. The van der Waals surface area contributed by atoms with E-state index < -0.39 is 0 Å². The van der Waals surface area contributed by atoms with Gasteiger partial charge in [0.05, 0.1) is 18.4 Å². The average Bonchev–Trinajstić information content (AvgIpc) is 2.46. The van der Waals surface area contributed by atoms with E-state index in [0.717, 1.165) is 11.4 Å². The molecule has 1 aromatic heterocycles. The van der Waals surface area contributed by atoms with Crippen molar-refractivity contribution < 1.29 is 4.79 Å². The number of anilines is 1. The molecular formula is C14H16N4O. The molecule has 1 amide bonds. The number of hydrogen-bond acceptors (Lipinski definition) is 4. The smallest absolute Gasteiger partial charge is 0.251 e. The number of nitrogens with one attached hydrogen (secondary N) is 1. The quantitative estimate of drug-likeness (QED) is 0.900. The van der Waals surface area contributed by atoms with Gasteiger partial charge in [-0.3, -0.25) is 14.8 Å². The van der Waals surface area contributed by atoms with Gasteiger partial charge in [-0.15, -0.1) is 0 Å². The van der Waals surface area contributed by atoms with Crippen LogP contribution in [0.15, 0.2) is 42.9 Å². The van der Waals surface area contributed by atoms with Gasteiger partial charge in [0.1, 0.15) is 0 Å². The van der Waals surface area contributed by atoms with E-state index in [0.29, 0.717) is 12.1 Å². The molecule has 0 saturated heterocycles. The fourth-order valence-electron chi connectivity index (χ4n) is 1.62. The van der Waals surface area contributed by atoms with Crippen LogP contribution in [0.5, 0.6) is 0 Å². The Morgan fingerprint density at radius 3 is 2.84 bits per heavy atom. The van der Waals surface area contributed by atoms with Crippen LogP contribution in [0.25, 0.3) is 0 Å². The molecule has 0 bridgehead atoms. The summed E-state index contributed by atoms with van der Waals surface area (Å²) < 4.78 is 0. The number of carbonyl (C=O) groups excluding carboxylic acids is 1. The van der Waals surface area contributed by atoms with Gasteiger partial charge in [0.25, 0.3) is 5.91 Å². The van der Waals surface area contributed by atoms with Crippen LogP contribution in [-0.4, -0.2) is 30.0 Å². The van der Waals surface area contributed by atoms with E-state index in [1.54, 1.807) is 24.7 Å². The van der Waals surface area contributed by atoms with Gasteiger partial charge in [0, 0.05) is 37.7 Å². The molecule has 0 unspecified atom stereocenters. The van der Waals surface area contributed by atoms with Gasteiger partial charge in [-0.05, 0) is 18.2 Å². The third kappa shape index (κ3) is 3.51. The second kappa shape index (κ2) is 5.95. The number of hydrogen-bond donors (Lipinski definition) is 1. The molecule has 2 aromatic rings. The zero-order chi connectivity index (χ0) is 13.7. The first-order valence-electron chi connectivity index (χ1n) is 5.97. The molecule has 2 rings (SSSR count). The van der Waals surface area contributed by atoms with Crippen LogP contribution < -0.4 is 10.2 Å². The van der Waals surface area contributed by atoms with Crippen LogP contribution in [0.1, 0.15) is 16.1 Å². The van der Waals surface area contributed by atoms with Gasteiger partial charge in [0.2, 0.25) is 0 Å². The van der Waals surface area contributed by atoms with Gasteiger partial charge < -0.3 is 10.2 Å². The molecule has 1 aromatic carbocycles. The molecule has 5 nitrogen and oxygen atoms in total. The normalized spacial score (nSPS) is 10.0. The highest BCUT2D eigenvalue weighted by atomic mass is 16.1. The minimum Gasteiger partial charge on any atom is -0.378 e. The van der Waals surface area contributed by atoms with Crippen molar-refractivity contribution in [3.63, 3.8) is 0 Å². The third-order valence-corrected chi connectivity index (χ3v) is 2.67. The lowest BCUT2D eigenvalue weighted by Gasteiger charge is -2.13. The Bertz CT molecular complexity index is 554. The second-order valence-electron chi connectivity index (χ2n) is 4.32. The molecule has 5 heteroatoms. The number of amides is 1. The van der Waals surface area contributed by atoms with Crippen molar-refractivity contribution in [2.24, 2.45) is 0 Å². The van der Waals surface area contributed by atoms with Crippen molar-refractivity contribution in [2.45, 2.75) is 6.54 Å². The van der Waals surface area contributed by atoms with E-state index in [1.807, 2.05) is 37.2 Å². The molecule has 19 heavy (non-hydrogen) atoms. The maximum atomic E-state index is 12.0. The highest BCUT2D eigenvalue weighted by Gasteiger charge is 2.07. The minimum atomic E-state index is -0.116. The van der Waals surface area contributed by atoms with Crippen molar-refractivity contribution in [3.05, 3.63) is 54.1 Å². The van der Waals surface area contributed by atoms with Crippen LogP contribution in [-0.2, 0) is 6.54 Å². The standard InChI is InChI=1S/C14H16N4O/c1-18(2)13-5-3-4-11(8-13)14(19)17-10-12-9-15-6-7-16-12/h3-9H,10H2,1-2H3,(H,17,19). The summed E-state index contributed by atoms with van der Waals surface area (Å²) >= 11 is 0. The average molecular weight is 256 g/mol. The molecule has 1 N–H and O–H groups in total. The van der Waals surface area contributed by atoms with E-state index in [4.69, 9.17) is 0 Å². The first-order valence-corrected chi connectivity index (χ1v) is 5.97. The van der Waals surface area contributed by atoms with Crippen molar-refractivity contribution in [2.75, 3.05) is 19.0 Å². The Morgan fingerprint density at radius 1 is 1.32 bits per heavy atom. The van der Waals surface area contributed by atoms with Crippen LogP contribution in [0.4, 0.5) is 5.69 Å². The number of aromatic nitrogens is 2. The van der Waals surface area contributed by atoms with E-state index in [2.05, 4.69) is 15.3 Å². The van der Waals surface area contributed by atoms with Gasteiger partial charge >= 0.3 is 0 Å². The topological polar surface area (TPSA) is 58.1 Å². The van der Waals surface area contributed by atoms with E-state index in [1.165, 1.54) is 0 Å². The minimum absolute atomic E-state index is 0.116. The molecule has 0 aliphatic carbocycles. The molecule has 0 spiro atoms. The molecule has 0 radical (unpaired) electrons. The lowest BCUT2D eigenvalue weighted by molar-refractivity contribution is 0.0950. The molecule has 0 fully saturated rings. The molecule has 0 aliphatic heterocycles. The fraction of sp³-hybridized carbons (Fsp3) is 0.214. The van der Waals surface area contributed by atoms with Gasteiger partial charge in [-0.25, -0.2) is 0 Å². The molecular weight excluding hydrogens is 240 g/mol. The van der Waals surface area contributed by atoms with Crippen molar-refractivity contribution in [3.8, 4) is 0 Å². The van der Waals surface area contributed by atoms with Crippen LogP contribution in [0.3, 0.4) is 0 Å². The van der Waals surface area contributed by atoms with Gasteiger partial charge in [-0.2, -0.15) is 0 Å². The zero-order valence-corrected chi connectivity index (χ0v) is 11.0. The molecule has 98 valence electrons. The Morgan fingerprint density at radius 2 is 2.16 bits per heavy atom. The molecule has 0 aliphatic rings. The summed E-state index contributed by atoms with van der Waals surface area (Å²) in [6.45, 7) is 0.374. The Kier molecular flexibility index (Phi) is 4.07. The summed E-state index contributed by atoms with van der Waals surface area (Å²) in [6, 6.07) is 7.47. The van der Waals surface area contributed by atoms with E-state index in [9.17, 15) is 4.79 Å². The first-order chi connectivity index (χ1) is 9.16. The summed E-state index contributed by atoms with van der Waals surface area (Å²) in [5.74, 6) is -0.116. The van der Waals surface area contributed by atoms with E-state index >= 15 is 0 Å². The number of carbonyl (C=O) groups is 1. The van der Waals surface area contributed by atoms with Crippen molar-refractivity contribution >= 4 is 11.6 Å². The molecule has 0 saturated carbocycles. The van der Waals surface area contributed by atoms with Crippen LogP contribution >= 0.6 is 0 Å². The van der Waals surface area contributed by atoms with E-state index in [-0.39, 0.29) is 5.91 Å². The Balaban J connectivity index is 2.02. The summed E-state index contributed by atoms with van der Waals surface area (Å²) in [5, 5.41) is 2.82. The highest BCUT2D eigenvalue weighted by Crippen LogP contribution is 2.13. The number of benzene rings is 1. The molecule has 1 heterocycles. The second-order valence-corrected chi connectivity index (χ2v) is 4.32.